The van der Waals surface area contributed by atoms with Gasteiger partial charge < -0.3 is 9.30 Å². The smallest absolute Gasteiger partial charge is 0.330 e. The van der Waals surface area contributed by atoms with Crippen LogP contribution in [0.5, 0.6) is 0 Å². The molecular formula is C21H25NO2. The number of aromatic nitrogens is 1. The van der Waals surface area contributed by atoms with E-state index >= 15 is 0 Å². The summed E-state index contributed by atoms with van der Waals surface area (Å²) in [5, 5.41) is 0. The highest BCUT2D eigenvalue weighted by Crippen LogP contribution is 2.21. The van der Waals surface area contributed by atoms with Gasteiger partial charge in [-0.2, -0.15) is 0 Å². The van der Waals surface area contributed by atoms with Crippen molar-refractivity contribution in [3.8, 4) is 12.3 Å². The van der Waals surface area contributed by atoms with Crippen LogP contribution < -0.4 is 0 Å². The van der Waals surface area contributed by atoms with Crippen LogP contribution in [0.4, 0.5) is 0 Å². The van der Waals surface area contributed by atoms with Crippen LogP contribution in [-0.2, 0) is 16.6 Å². The second-order valence-electron chi connectivity index (χ2n) is 5.69. The van der Waals surface area contributed by atoms with Gasteiger partial charge in [0, 0.05) is 30.1 Å². The Morgan fingerprint density at radius 1 is 1.21 bits per heavy atom. The minimum absolute atomic E-state index is 0.350. The van der Waals surface area contributed by atoms with Crippen molar-refractivity contribution in [2.45, 2.75) is 27.7 Å². The predicted octanol–water partition coefficient (Wildman–Crippen LogP) is 4.26. The lowest BCUT2D eigenvalue weighted by Crippen LogP contribution is -1.94. The molecule has 0 unspecified atom stereocenters. The summed E-state index contributed by atoms with van der Waals surface area (Å²) in [6.45, 7) is 7.94. The average molecular weight is 323 g/mol. The van der Waals surface area contributed by atoms with E-state index in [4.69, 9.17) is 6.42 Å². The molecule has 0 N–H and O–H groups in total. The summed E-state index contributed by atoms with van der Waals surface area (Å²) in [7, 11) is 3.38. The van der Waals surface area contributed by atoms with Gasteiger partial charge in [-0.1, -0.05) is 35.8 Å². The largest absolute Gasteiger partial charge is 0.466 e. The Bertz CT molecular complexity index is 778. The van der Waals surface area contributed by atoms with Crippen LogP contribution >= 0.6 is 0 Å². The van der Waals surface area contributed by atoms with Gasteiger partial charge >= 0.3 is 5.97 Å². The zero-order valence-corrected chi connectivity index (χ0v) is 15.3. The molecule has 24 heavy (non-hydrogen) atoms. The Balaban J connectivity index is 2.91. The Labute approximate surface area is 145 Å². The van der Waals surface area contributed by atoms with E-state index in [0.717, 1.165) is 33.7 Å². The monoisotopic (exact) mass is 323 g/mol. The zero-order chi connectivity index (χ0) is 18.3. The third-order valence-electron chi connectivity index (χ3n) is 3.90. The van der Waals surface area contributed by atoms with Crippen LogP contribution in [0.15, 0.2) is 41.5 Å². The lowest BCUT2D eigenvalue weighted by atomic mass is 10.1. The highest BCUT2D eigenvalue weighted by molar-refractivity contribution is 5.83. The quantitative estimate of drug-likeness (QED) is 0.351. The predicted molar refractivity (Wildman–Crippen MR) is 101 cm³/mol. The van der Waals surface area contributed by atoms with Crippen LogP contribution in [0.25, 0.3) is 6.08 Å². The second kappa shape index (κ2) is 8.79. The van der Waals surface area contributed by atoms with Crippen molar-refractivity contribution in [2.24, 2.45) is 7.05 Å². The molecule has 0 aliphatic carbocycles. The second-order valence-corrected chi connectivity index (χ2v) is 5.69. The van der Waals surface area contributed by atoms with E-state index in [1.807, 2.05) is 59.0 Å². The van der Waals surface area contributed by atoms with Gasteiger partial charge in [0.1, 0.15) is 0 Å². The van der Waals surface area contributed by atoms with Gasteiger partial charge in [0.15, 0.2) is 0 Å². The van der Waals surface area contributed by atoms with Crippen LogP contribution in [0.2, 0.25) is 0 Å². The number of rotatable bonds is 5. The SMILES string of the molecule is C#Cc1c(C)c(/C=C/C(C)=C/C=C/C(C)=C/C(=O)OC)n(C)c1C. The molecule has 0 saturated carbocycles. The van der Waals surface area contributed by atoms with Crippen molar-refractivity contribution in [1.82, 2.24) is 4.57 Å². The van der Waals surface area contributed by atoms with E-state index < -0.39 is 0 Å². The normalized spacial score (nSPS) is 12.9. The summed E-state index contributed by atoms with van der Waals surface area (Å²) in [6, 6.07) is 0. The fourth-order valence-electron chi connectivity index (χ4n) is 2.36. The number of ether oxygens (including phenoxy) is 1. The molecule has 1 aromatic heterocycles. The molecule has 0 amide bonds. The fourth-order valence-corrected chi connectivity index (χ4v) is 2.36. The molecule has 0 saturated heterocycles. The van der Waals surface area contributed by atoms with Gasteiger partial charge in [0.2, 0.25) is 0 Å². The summed E-state index contributed by atoms with van der Waals surface area (Å²) in [5.74, 6) is 2.40. The molecule has 1 heterocycles. The van der Waals surface area contributed by atoms with Crippen LogP contribution in [0, 0.1) is 26.2 Å². The molecule has 0 atom stereocenters. The van der Waals surface area contributed by atoms with Crippen LogP contribution in [0.1, 0.15) is 36.4 Å². The van der Waals surface area contributed by atoms with Crippen molar-refractivity contribution in [2.75, 3.05) is 7.11 Å². The van der Waals surface area contributed by atoms with Gasteiger partial charge in [-0.15, -0.1) is 6.42 Å². The summed E-state index contributed by atoms with van der Waals surface area (Å²) >= 11 is 0. The number of carbonyl (C=O) groups is 1. The first-order valence-corrected chi connectivity index (χ1v) is 7.73. The van der Waals surface area contributed by atoms with Gasteiger partial charge in [-0.3, -0.25) is 0 Å². The molecule has 0 bridgehead atoms. The number of hydrogen-bond donors (Lipinski definition) is 0. The molecule has 3 nitrogen and oxygen atoms in total. The van der Waals surface area contributed by atoms with E-state index in [9.17, 15) is 4.79 Å². The van der Waals surface area contributed by atoms with Gasteiger partial charge in [-0.25, -0.2) is 4.79 Å². The van der Waals surface area contributed by atoms with E-state index in [1.54, 1.807) is 0 Å². The number of methoxy groups -OCH3 is 1. The first kappa shape index (κ1) is 19.3. The van der Waals surface area contributed by atoms with E-state index in [2.05, 4.69) is 21.3 Å². The topological polar surface area (TPSA) is 31.2 Å². The first-order chi connectivity index (χ1) is 11.3. The van der Waals surface area contributed by atoms with Gasteiger partial charge in [0.25, 0.3) is 0 Å². The molecule has 126 valence electrons. The number of nitrogens with zero attached hydrogens (tertiary/aromatic N) is 1. The van der Waals surface area contributed by atoms with Crippen LogP contribution in [0.3, 0.4) is 0 Å². The Kier molecular flexibility index (Phi) is 7.07. The molecule has 0 spiro atoms. The van der Waals surface area contributed by atoms with E-state index in [-0.39, 0.29) is 5.97 Å². The van der Waals surface area contributed by atoms with Crippen molar-refractivity contribution < 1.29 is 9.53 Å². The Morgan fingerprint density at radius 3 is 2.42 bits per heavy atom. The Hall–Kier alpha value is -2.73. The number of carbonyl (C=O) groups excluding carboxylic acids is 1. The third kappa shape index (κ3) is 4.89. The van der Waals surface area contributed by atoms with Crippen molar-refractivity contribution in [1.29, 1.82) is 0 Å². The third-order valence-corrected chi connectivity index (χ3v) is 3.90. The highest BCUT2D eigenvalue weighted by atomic mass is 16.5. The molecule has 0 aliphatic heterocycles. The van der Waals surface area contributed by atoms with Gasteiger partial charge in [0.05, 0.1) is 7.11 Å². The first-order valence-electron chi connectivity index (χ1n) is 7.73. The molecule has 0 fully saturated rings. The summed E-state index contributed by atoms with van der Waals surface area (Å²) < 4.78 is 6.69. The maximum atomic E-state index is 11.1. The zero-order valence-electron chi connectivity index (χ0n) is 15.3. The maximum absolute atomic E-state index is 11.1. The minimum Gasteiger partial charge on any atom is -0.466 e. The number of allylic oxidation sites excluding steroid dienone is 6. The molecular weight excluding hydrogens is 298 g/mol. The average Bonchev–Trinajstić information content (AvgIpc) is 2.74. The van der Waals surface area contributed by atoms with E-state index in [0.29, 0.717) is 0 Å². The van der Waals surface area contributed by atoms with Crippen molar-refractivity contribution in [3.63, 3.8) is 0 Å². The van der Waals surface area contributed by atoms with E-state index in [1.165, 1.54) is 13.2 Å². The lowest BCUT2D eigenvalue weighted by molar-refractivity contribution is -0.134. The molecule has 1 rings (SSSR count). The molecule has 0 radical (unpaired) electrons. The molecule has 3 heteroatoms. The summed E-state index contributed by atoms with van der Waals surface area (Å²) in [6.07, 6.45) is 16.9. The number of terminal acetylenes is 1. The van der Waals surface area contributed by atoms with Crippen LogP contribution in [-0.4, -0.2) is 17.6 Å². The Morgan fingerprint density at radius 2 is 1.88 bits per heavy atom. The molecule has 0 aromatic carbocycles. The number of esters is 1. The number of hydrogen-bond acceptors (Lipinski definition) is 2. The standard InChI is InChI=1S/C21H25NO2/c1-8-19-17(4)20(22(6)18(19)5)13-12-15(2)10-9-11-16(3)14-21(23)24-7/h1,9-14H,2-7H3/b11-9+,13-12+,15-10+,16-14+. The highest BCUT2D eigenvalue weighted by Gasteiger charge is 2.10. The summed E-state index contributed by atoms with van der Waals surface area (Å²) in [5.41, 5.74) is 6.22. The maximum Gasteiger partial charge on any atom is 0.330 e. The fraction of sp³-hybridized carbons (Fsp3) is 0.286. The van der Waals surface area contributed by atoms with Gasteiger partial charge in [-0.05, 0) is 44.9 Å². The molecule has 0 aliphatic rings. The molecule has 1 aromatic rings. The summed E-state index contributed by atoms with van der Waals surface area (Å²) in [4.78, 5) is 11.1. The lowest BCUT2D eigenvalue weighted by Gasteiger charge is -2.00. The van der Waals surface area contributed by atoms with Crippen molar-refractivity contribution in [3.05, 3.63) is 64.0 Å². The van der Waals surface area contributed by atoms with Crippen molar-refractivity contribution >= 4 is 12.0 Å². The minimum atomic E-state index is -0.350.